The van der Waals surface area contributed by atoms with Crippen molar-refractivity contribution < 1.29 is 19.5 Å². The van der Waals surface area contributed by atoms with Gasteiger partial charge >= 0.3 is 0 Å². The van der Waals surface area contributed by atoms with Crippen molar-refractivity contribution in [3.8, 4) is 5.75 Å². The number of hydrogen-bond acceptors (Lipinski definition) is 5. The molecule has 5 N–H and O–H groups in total. The fraction of sp³-hybridized carbons (Fsp3) is 0.625. The fourth-order valence-corrected chi connectivity index (χ4v) is 4.66. The second kappa shape index (κ2) is 11.9. The Balaban J connectivity index is 1.56. The third kappa shape index (κ3) is 6.69. The quantitative estimate of drug-likeness (QED) is 0.385. The van der Waals surface area contributed by atoms with Crippen LogP contribution < -0.4 is 16.4 Å². The van der Waals surface area contributed by atoms with E-state index in [1.165, 1.54) is 0 Å². The van der Waals surface area contributed by atoms with Crippen molar-refractivity contribution in [3.05, 3.63) is 29.8 Å². The van der Waals surface area contributed by atoms with Crippen molar-refractivity contribution in [2.24, 2.45) is 11.7 Å². The lowest BCUT2D eigenvalue weighted by atomic mass is 9.92. The van der Waals surface area contributed by atoms with E-state index in [9.17, 15) is 19.5 Å². The zero-order chi connectivity index (χ0) is 22.9. The van der Waals surface area contributed by atoms with Gasteiger partial charge in [-0.15, -0.1) is 0 Å². The van der Waals surface area contributed by atoms with Gasteiger partial charge in [-0.1, -0.05) is 18.6 Å². The third-order valence-corrected chi connectivity index (χ3v) is 6.52. The first-order valence-electron chi connectivity index (χ1n) is 11.8. The van der Waals surface area contributed by atoms with Crippen molar-refractivity contribution in [2.75, 3.05) is 19.6 Å². The number of fused-ring (bicyclic) bond motifs is 1. The number of carbonyl (C=O) groups excluding carboxylic acids is 3. The largest absolute Gasteiger partial charge is 0.508 e. The molecule has 1 unspecified atom stereocenters. The number of nitrogens with one attached hydrogen (secondary N) is 2. The maximum Gasteiger partial charge on any atom is 0.242 e. The Bertz CT molecular complexity index is 783. The molecule has 0 radical (unpaired) electrons. The molecule has 2 aliphatic heterocycles. The van der Waals surface area contributed by atoms with Crippen LogP contribution in [0.5, 0.6) is 5.75 Å². The van der Waals surface area contributed by atoms with Crippen LogP contribution >= 0.6 is 0 Å². The van der Waals surface area contributed by atoms with E-state index in [0.717, 1.165) is 57.1 Å². The SMILES string of the molecule is NCCCCCC(=O)NC(Cc1ccc(O)cc1)C(=O)NC[C@@H]1CC[C@@H]2CCCN2C1=O. The molecule has 8 nitrogen and oxygen atoms in total. The summed E-state index contributed by atoms with van der Waals surface area (Å²) in [5, 5.41) is 15.3. The average molecular weight is 445 g/mol. The molecular formula is C24H36N4O4. The summed E-state index contributed by atoms with van der Waals surface area (Å²) in [5.74, 6) is -0.373. The number of amides is 3. The van der Waals surface area contributed by atoms with Crippen molar-refractivity contribution in [1.82, 2.24) is 15.5 Å². The van der Waals surface area contributed by atoms with Gasteiger partial charge in [0.05, 0.1) is 5.92 Å². The first-order valence-corrected chi connectivity index (χ1v) is 11.8. The summed E-state index contributed by atoms with van der Waals surface area (Å²) in [6.45, 7) is 1.71. The molecule has 8 heteroatoms. The molecule has 3 atom stereocenters. The Morgan fingerprint density at radius 3 is 2.66 bits per heavy atom. The Morgan fingerprint density at radius 1 is 1.12 bits per heavy atom. The van der Waals surface area contributed by atoms with Crippen LogP contribution in [0.2, 0.25) is 0 Å². The van der Waals surface area contributed by atoms with Crippen LogP contribution in [0.4, 0.5) is 0 Å². The van der Waals surface area contributed by atoms with Crippen molar-refractivity contribution in [1.29, 1.82) is 0 Å². The molecule has 32 heavy (non-hydrogen) atoms. The Hall–Kier alpha value is -2.61. The number of nitrogens with two attached hydrogens (primary N) is 1. The highest BCUT2D eigenvalue weighted by Gasteiger charge is 2.38. The summed E-state index contributed by atoms with van der Waals surface area (Å²) < 4.78 is 0. The van der Waals surface area contributed by atoms with E-state index in [0.29, 0.717) is 32.0 Å². The predicted molar refractivity (Wildman–Crippen MR) is 122 cm³/mol. The number of aromatic hydroxyl groups is 1. The van der Waals surface area contributed by atoms with Crippen molar-refractivity contribution >= 4 is 17.7 Å². The normalized spacial score (nSPS) is 21.2. The van der Waals surface area contributed by atoms with Crippen LogP contribution in [0.15, 0.2) is 24.3 Å². The minimum atomic E-state index is -0.736. The summed E-state index contributed by atoms with van der Waals surface area (Å²) >= 11 is 0. The second-order valence-electron chi connectivity index (χ2n) is 8.94. The topological polar surface area (TPSA) is 125 Å². The number of benzene rings is 1. The number of nitrogens with zero attached hydrogens (tertiary/aromatic N) is 1. The van der Waals surface area contributed by atoms with Crippen LogP contribution in [-0.4, -0.2) is 59.4 Å². The maximum absolute atomic E-state index is 13.0. The van der Waals surface area contributed by atoms with Gasteiger partial charge in [-0.05, 0) is 62.8 Å². The molecule has 0 aliphatic carbocycles. The monoisotopic (exact) mass is 444 g/mol. The molecule has 2 fully saturated rings. The third-order valence-electron chi connectivity index (χ3n) is 6.52. The van der Waals surface area contributed by atoms with E-state index in [2.05, 4.69) is 10.6 Å². The number of carbonyl (C=O) groups is 3. The highest BCUT2D eigenvalue weighted by atomic mass is 16.3. The van der Waals surface area contributed by atoms with Gasteiger partial charge < -0.3 is 26.4 Å². The molecule has 0 spiro atoms. The average Bonchev–Trinajstić information content (AvgIpc) is 3.27. The standard InChI is InChI=1S/C24H36N4O4/c25-13-3-1-2-6-22(30)27-21(15-17-7-11-20(29)12-8-17)23(31)26-16-18-9-10-19-5-4-14-28(19)24(18)32/h7-8,11-12,18-19,21,29H,1-6,9-10,13-16,25H2,(H,26,31)(H,27,30)/t18-,19-,21?/m0/s1. The lowest BCUT2D eigenvalue weighted by Gasteiger charge is -2.34. The first kappa shape index (κ1) is 24.0. The zero-order valence-corrected chi connectivity index (χ0v) is 18.7. The Labute approximate surface area is 189 Å². The van der Waals surface area contributed by atoms with Crippen LogP contribution in [0.1, 0.15) is 56.9 Å². The van der Waals surface area contributed by atoms with Gasteiger partial charge in [-0.25, -0.2) is 0 Å². The predicted octanol–water partition coefficient (Wildman–Crippen LogP) is 1.46. The number of phenolic OH excluding ortho intramolecular Hbond substituents is 1. The molecule has 2 saturated heterocycles. The minimum absolute atomic E-state index is 0.137. The molecule has 1 aromatic rings. The van der Waals surface area contributed by atoms with Crippen LogP contribution in [0.25, 0.3) is 0 Å². The van der Waals surface area contributed by atoms with E-state index in [1.54, 1.807) is 24.3 Å². The second-order valence-corrected chi connectivity index (χ2v) is 8.94. The van der Waals surface area contributed by atoms with Crippen LogP contribution in [0, 0.1) is 5.92 Å². The molecule has 0 aromatic heterocycles. The molecule has 1 aromatic carbocycles. The van der Waals surface area contributed by atoms with Gasteiger partial charge in [0, 0.05) is 32.0 Å². The summed E-state index contributed by atoms with van der Waals surface area (Å²) in [4.78, 5) is 40.1. The minimum Gasteiger partial charge on any atom is -0.508 e. The molecule has 2 aliphatic rings. The Morgan fingerprint density at radius 2 is 1.91 bits per heavy atom. The van der Waals surface area contributed by atoms with E-state index < -0.39 is 6.04 Å². The van der Waals surface area contributed by atoms with E-state index in [-0.39, 0.29) is 29.4 Å². The first-order chi connectivity index (χ1) is 15.5. The van der Waals surface area contributed by atoms with Gasteiger partial charge in [-0.2, -0.15) is 0 Å². The van der Waals surface area contributed by atoms with Gasteiger partial charge in [0.15, 0.2) is 0 Å². The number of unbranched alkanes of at least 4 members (excludes halogenated alkanes) is 2. The Kier molecular flexibility index (Phi) is 8.90. The molecule has 0 bridgehead atoms. The molecule has 0 saturated carbocycles. The number of hydrogen-bond donors (Lipinski definition) is 4. The highest BCUT2D eigenvalue weighted by Crippen LogP contribution is 2.30. The number of piperidine rings is 1. The molecule has 3 rings (SSSR count). The van der Waals surface area contributed by atoms with E-state index in [1.807, 2.05) is 4.90 Å². The van der Waals surface area contributed by atoms with Crippen LogP contribution in [-0.2, 0) is 20.8 Å². The van der Waals surface area contributed by atoms with Gasteiger partial charge in [0.2, 0.25) is 17.7 Å². The highest BCUT2D eigenvalue weighted by molar-refractivity contribution is 5.88. The van der Waals surface area contributed by atoms with Gasteiger partial charge in [-0.3, -0.25) is 14.4 Å². The summed E-state index contributed by atoms with van der Waals surface area (Å²) in [6.07, 6.45) is 7.05. The smallest absolute Gasteiger partial charge is 0.242 e. The van der Waals surface area contributed by atoms with E-state index in [4.69, 9.17) is 5.73 Å². The van der Waals surface area contributed by atoms with E-state index >= 15 is 0 Å². The van der Waals surface area contributed by atoms with Crippen molar-refractivity contribution in [3.63, 3.8) is 0 Å². The lowest BCUT2D eigenvalue weighted by Crippen LogP contribution is -2.52. The fourth-order valence-electron chi connectivity index (χ4n) is 4.66. The molecule has 176 valence electrons. The summed E-state index contributed by atoms with van der Waals surface area (Å²) in [7, 11) is 0. The molecule has 3 amide bonds. The molecular weight excluding hydrogens is 408 g/mol. The number of rotatable bonds is 11. The summed E-state index contributed by atoms with van der Waals surface area (Å²) in [6, 6.07) is 6.23. The lowest BCUT2D eigenvalue weighted by molar-refractivity contribution is -0.140. The maximum atomic E-state index is 13.0. The van der Waals surface area contributed by atoms with Crippen LogP contribution in [0.3, 0.4) is 0 Å². The van der Waals surface area contributed by atoms with Crippen molar-refractivity contribution in [2.45, 2.75) is 69.9 Å². The zero-order valence-electron chi connectivity index (χ0n) is 18.7. The van der Waals surface area contributed by atoms with Gasteiger partial charge in [0.1, 0.15) is 11.8 Å². The summed E-state index contributed by atoms with van der Waals surface area (Å²) in [5.41, 5.74) is 6.33. The number of phenols is 1. The molecule has 2 heterocycles. The van der Waals surface area contributed by atoms with Gasteiger partial charge in [0.25, 0.3) is 0 Å².